The van der Waals surface area contributed by atoms with Gasteiger partial charge in [0.05, 0.1) is 0 Å². The summed E-state index contributed by atoms with van der Waals surface area (Å²) in [6.07, 6.45) is 10.2. The number of hydrogen-bond donors (Lipinski definition) is 0. The molecule has 0 unspecified atom stereocenters. The lowest BCUT2D eigenvalue weighted by Gasteiger charge is -2.36. The molecular formula is C12H23Br. The molecule has 0 nitrogen and oxygen atoms in total. The molecule has 1 fully saturated rings. The molecule has 0 aliphatic heterocycles. The van der Waals surface area contributed by atoms with E-state index in [4.69, 9.17) is 0 Å². The van der Waals surface area contributed by atoms with Crippen LogP contribution in [-0.4, -0.2) is 5.33 Å². The van der Waals surface area contributed by atoms with Crippen molar-refractivity contribution >= 4 is 15.9 Å². The third kappa shape index (κ3) is 3.61. The minimum Gasteiger partial charge on any atom is -0.0922 e. The molecule has 1 aliphatic rings. The number of hydrogen-bond acceptors (Lipinski definition) is 0. The van der Waals surface area contributed by atoms with Crippen LogP contribution in [0.15, 0.2) is 0 Å². The summed E-state index contributed by atoms with van der Waals surface area (Å²) >= 11 is 3.72. The monoisotopic (exact) mass is 246 g/mol. The van der Waals surface area contributed by atoms with Crippen LogP contribution in [0, 0.1) is 11.3 Å². The molecule has 0 saturated heterocycles. The van der Waals surface area contributed by atoms with Gasteiger partial charge in [0, 0.05) is 5.33 Å². The highest BCUT2D eigenvalue weighted by Crippen LogP contribution is 2.42. The van der Waals surface area contributed by atoms with Crippen LogP contribution in [0.3, 0.4) is 0 Å². The summed E-state index contributed by atoms with van der Waals surface area (Å²) in [5, 5.41) is 1.23. The van der Waals surface area contributed by atoms with Gasteiger partial charge in [-0.3, -0.25) is 0 Å². The average molecular weight is 247 g/mol. The molecule has 0 N–H and O–H groups in total. The van der Waals surface area contributed by atoms with Gasteiger partial charge < -0.3 is 0 Å². The van der Waals surface area contributed by atoms with E-state index in [0.29, 0.717) is 5.41 Å². The summed E-state index contributed by atoms with van der Waals surface area (Å²) in [4.78, 5) is 0. The van der Waals surface area contributed by atoms with Crippen molar-refractivity contribution in [1.82, 2.24) is 0 Å². The van der Waals surface area contributed by atoms with E-state index in [9.17, 15) is 0 Å². The van der Waals surface area contributed by atoms with Gasteiger partial charge in [0.15, 0.2) is 0 Å². The lowest BCUT2D eigenvalue weighted by Crippen LogP contribution is -2.26. The third-order valence-electron chi connectivity index (χ3n) is 3.45. The van der Waals surface area contributed by atoms with E-state index in [1.165, 1.54) is 50.3 Å². The number of rotatable bonds is 4. The first-order valence-electron chi connectivity index (χ1n) is 5.74. The highest BCUT2D eigenvalue weighted by Gasteiger charge is 2.30. The summed E-state index contributed by atoms with van der Waals surface area (Å²) in [7, 11) is 0. The standard InChI is InChI=1S/C12H23Br/c1-11(2)6-9-12(10-13)7-4-3-5-8-12/h11H,3-10H2,1-2H3. The molecule has 1 saturated carbocycles. The van der Waals surface area contributed by atoms with Crippen LogP contribution >= 0.6 is 15.9 Å². The predicted octanol–water partition coefficient (Wildman–Crippen LogP) is 4.77. The van der Waals surface area contributed by atoms with E-state index < -0.39 is 0 Å². The smallest absolute Gasteiger partial charge is 0.00879 e. The second-order valence-corrected chi connectivity index (χ2v) is 5.69. The Bertz CT molecular complexity index is 134. The van der Waals surface area contributed by atoms with Crippen molar-refractivity contribution in [3.63, 3.8) is 0 Å². The van der Waals surface area contributed by atoms with Gasteiger partial charge in [-0.15, -0.1) is 0 Å². The Hall–Kier alpha value is 0.480. The molecule has 1 rings (SSSR count). The Morgan fingerprint density at radius 3 is 2.23 bits per heavy atom. The predicted molar refractivity (Wildman–Crippen MR) is 63.4 cm³/mol. The first kappa shape index (κ1) is 11.6. The van der Waals surface area contributed by atoms with E-state index in [-0.39, 0.29) is 0 Å². The van der Waals surface area contributed by atoms with Gasteiger partial charge in [-0.25, -0.2) is 0 Å². The van der Waals surface area contributed by atoms with Crippen molar-refractivity contribution in [1.29, 1.82) is 0 Å². The van der Waals surface area contributed by atoms with Crippen molar-refractivity contribution in [3.8, 4) is 0 Å². The fraction of sp³-hybridized carbons (Fsp3) is 1.00. The zero-order valence-corrected chi connectivity index (χ0v) is 10.7. The van der Waals surface area contributed by atoms with Gasteiger partial charge in [-0.1, -0.05) is 55.5 Å². The molecular weight excluding hydrogens is 224 g/mol. The lowest BCUT2D eigenvalue weighted by molar-refractivity contribution is 0.194. The maximum atomic E-state index is 3.72. The van der Waals surface area contributed by atoms with Crippen LogP contribution in [0.25, 0.3) is 0 Å². The normalized spacial score (nSPS) is 22.2. The average Bonchev–Trinajstić information content (AvgIpc) is 2.16. The number of halogens is 1. The first-order valence-corrected chi connectivity index (χ1v) is 6.87. The van der Waals surface area contributed by atoms with Crippen molar-refractivity contribution in [2.45, 2.75) is 58.8 Å². The van der Waals surface area contributed by atoms with Gasteiger partial charge >= 0.3 is 0 Å². The summed E-state index contributed by atoms with van der Waals surface area (Å²) in [6, 6.07) is 0. The first-order chi connectivity index (χ1) is 6.18. The van der Waals surface area contributed by atoms with Crippen LogP contribution in [0.4, 0.5) is 0 Å². The van der Waals surface area contributed by atoms with Crippen LogP contribution in [0.2, 0.25) is 0 Å². The van der Waals surface area contributed by atoms with Crippen LogP contribution in [0.1, 0.15) is 58.8 Å². The zero-order chi connectivity index (χ0) is 9.73. The van der Waals surface area contributed by atoms with E-state index in [0.717, 1.165) is 5.92 Å². The van der Waals surface area contributed by atoms with Crippen LogP contribution < -0.4 is 0 Å². The summed E-state index contributed by atoms with van der Waals surface area (Å²) in [5.74, 6) is 0.873. The quantitative estimate of drug-likeness (QED) is 0.628. The molecule has 13 heavy (non-hydrogen) atoms. The Morgan fingerprint density at radius 1 is 1.15 bits per heavy atom. The number of alkyl halides is 1. The van der Waals surface area contributed by atoms with E-state index >= 15 is 0 Å². The van der Waals surface area contributed by atoms with E-state index in [1.807, 2.05) is 0 Å². The minimum absolute atomic E-state index is 0.669. The SMILES string of the molecule is CC(C)CCC1(CBr)CCCCC1. The summed E-state index contributed by atoms with van der Waals surface area (Å²) in [5.41, 5.74) is 0.669. The molecule has 0 amide bonds. The summed E-state index contributed by atoms with van der Waals surface area (Å²) < 4.78 is 0. The topological polar surface area (TPSA) is 0 Å². The lowest BCUT2D eigenvalue weighted by atomic mass is 9.72. The molecule has 1 heteroatoms. The Balaban J connectivity index is 2.38. The molecule has 0 aromatic heterocycles. The molecule has 0 spiro atoms. The second-order valence-electron chi connectivity index (χ2n) is 5.13. The fourth-order valence-electron chi connectivity index (χ4n) is 2.35. The Labute approximate surface area is 91.6 Å². The molecule has 0 aromatic rings. The zero-order valence-electron chi connectivity index (χ0n) is 9.11. The van der Waals surface area contributed by atoms with Crippen molar-refractivity contribution in [2.24, 2.45) is 11.3 Å². The van der Waals surface area contributed by atoms with Crippen molar-refractivity contribution in [3.05, 3.63) is 0 Å². The largest absolute Gasteiger partial charge is 0.0922 e. The maximum absolute atomic E-state index is 3.72. The highest BCUT2D eigenvalue weighted by atomic mass is 79.9. The van der Waals surface area contributed by atoms with E-state index in [2.05, 4.69) is 29.8 Å². The van der Waals surface area contributed by atoms with Crippen molar-refractivity contribution < 1.29 is 0 Å². The Morgan fingerprint density at radius 2 is 1.77 bits per heavy atom. The minimum atomic E-state index is 0.669. The van der Waals surface area contributed by atoms with E-state index in [1.54, 1.807) is 0 Å². The van der Waals surface area contributed by atoms with Gasteiger partial charge in [0.2, 0.25) is 0 Å². The molecule has 0 bridgehead atoms. The van der Waals surface area contributed by atoms with Crippen LogP contribution in [0.5, 0.6) is 0 Å². The van der Waals surface area contributed by atoms with Gasteiger partial charge in [-0.2, -0.15) is 0 Å². The van der Waals surface area contributed by atoms with Gasteiger partial charge in [0.1, 0.15) is 0 Å². The molecule has 0 atom stereocenters. The summed E-state index contributed by atoms with van der Waals surface area (Å²) in [6.45, 7) is 4.68. The fourth-order valence-corrected chi connectivity index (χ4v) is 3.19. The third-order valence-corrected chi connectivity index (χ3v) is 4.64. The highest BCUT2D eigenvalue weighted by molar-refractivity contribution is 9.09. The molecule has 0 radical (unpaired) electrons. The van der Waals surface area contributed by atoms with Crippen molar-refractivity contribution in [2.75, 3.05) is 5.33 Å². The molecule has 78 valence electrons. The van der Waals surface area contributed by atoms with Gasteiger partial charge in [0.25, 0.3) is 0 Å². The molecule has 1 aliphatic carbocycles. The molecule has 0 aromatic carbocycles. The van der Waals surface area contributed by atoms with Gasteiger partial charge in [-0.05, 0) is 30.6 Å². The second kappa shape index (κ2) is 5.38. The maximum Gasteiger partial charge on any atom is 0.00879 e. The molecule has 0 heterocycles. The van der Waals surface area contributed by atoms with Crippen LogP contribution in [-0.2, 0) is 0 Å². The Kier molecular flexibility index (Phi) is 4.78.